The number of amides is 1. The van der Waals surface area contributed by atoms with Gasteiger partial charge < -0.3 is 5.32 Å². The molecule has 1 N–H and O–H groups in total. The molecule has 2 aromatic heterocycles. The van der Waals surface area contributed by atoms with Crippen LogP contribution in [0.15, 0.2) is 22.9 Å². The third kappa shape index (κ3) is 4.40. The van der Waals surface area contributed by atoms with Crippen LogP contribution in [0, 0.1) is 5.82 Å². The molecular formula is C27H31ClFN5O. The standard InChI is InChI=1S/C27H31ClFN5O/c1-5-34-9-8-20-19(13-34)21(33-27(28)32-20)11-22-25(29)24-16(4)18(7-6-17(24)12-30-22)23-14(2)10-15(3)31-26(23)35/h12,15H,5-11,13H2,1-4H3,(H,31,35). The minimum atomic E-state index is -0.327. The molecule has 2 aliphatic heterocycles. The fourth-order valence-corrected chi connectivity index (χ4v) is 5.97. The number of nitrogens with one attached hydrogen (secondary N) is 1. The molecule has 3 aliphatic rings. The Kier molecular flexibility index (Phi) is 6.49. The molecule has 1 atom stereocenters. The second-order valence-corrected chi connectivity index (χ2v) is 10.3. The summed E-state index contributed by atoms with van der Waals surface area (Å²) in [6.45, 7) is 10.7. The zero-order valence-corrected chi connectivity index (χ0v) is 21.5. The van der Waals surface area contributed by atoms with Gasteiger partial charge in [0.05, 0.1) is 17.1 Å². The second kappa shape index (κ2) is 9.43. The molecule has 0 saturated carbocycles. The van der Waals surface area contributed by atoms with Crippen LogP contribution in [0.2, 0.25) is 5.28 Å². The van der Waals surface area contributed by atoms with E-state index in [4.69, 9.17) is 11.6 Å². The summed E-state index contributed by atoms with van der Waals surface area (Å²) in [6.07, 6.45) is 5.01. The van der Waals surface area contributed by atoms with Crippen LogP contribution in [-0.4, -0.2) is 44.9 Å². The molecule has 1 amide bonds. The van der Waals surface area contributed by atoms with E-state index in [1.54, 1.807) is 6.20 Å². The number of carbonyl (C=O) groups excluding carboxylic acids is 1. The molecule has 0 fully saturated rings. The lowest BCUT2D eigenvalue weighted by Gasteiger charge is -2.29. The van der Waals surface area contributed by atoms with Crippen LogP contribution in [0.4, 0.5) is 4.39 Å². The summed E-state index contributed by atoms with van der Waals surface area (Å²) >= 11 is 6.24. The first-order valence-electron chi connectivity index (χ1n) is 12.4. The molecule has 0 saturated heterocycles. The van der Waals surface area contributed by atoms with Gasteiger partial charge in [-0.05, 0) is 74.9 Å². The van der Waals surface area contributed by atoms with Crippen LogP contribution in [0.1, 0.15) is 74.3 Å². The van der Waals surface area contributed by atoms with Gasteiger partial charge in [0.1, 0.15) is 0 Å². The van der Waals surface area contributed by atoms with Crippen molar-refractivity contribution >= 4 is 23.1 Å². The number of carbonyl (C=O) groups is 1. The molecule has 1 aliphatic carbocycles. The van der Waals surface area contributed by atoms with Gasteiger partial charge in [0.15, 0.2) is 5.82 Å². The molecular weight excluding hydrogens is 465 g/mol. The van der Waals surface area contributed by atoms with Crippen LogP contribution in [0.3, 0.4) is 0 Å². The molecule has 4 heterocycles. The van der Waals surface area contributed by atoms with Crippen molar-refractivity contribution in [3.8, 4) is 0 Å². The minimum Gasteiger partial charge on any atom is -0.349 e. The lowest BCUT2D eigenvalue weighted by molar-refractivity contribution is -0.118. The molecule has 6 nitrogen and oxygen atoms in total. The predicted octanol–water partition coefficient (Wildman–Crippen LogP) is 4.58. The van der Waals surface area contributed by atoms with Crippen molar-refractivity contribution in [2.24, 2.45) is 0 Å². The predicted molar refractivity (Wildman–Crippen MR) is 135 cm³/mol. The SMILES string of the molecule is CCN1CCc2nc(Cl)nc(Cc3ncc4c(c3F)C(C)=C(C3=C(C)CC(C)NC3=O)CC4)c2C1. The number of hydrogen-bond donors (Lipinski definition) is 1. The number of aromatic nitrogens is 3. The van der Waals surface area contributed by atoms with Crippen LogP contribution in [0.25, 0.3) is 5.57 Å². The van der Waals surface area contributed by atoms with Crippen molar-refractivity contribution < 1.29 is 9.18 Å². The zero-order valence-electron chi connectivity index (χ0n) is 20.8. The maximum atomic E-state index is 16.1. The van der Waals surface area contributed by atoms with Crippen molar-refractivity contribution in [3.63, 3.8) is 0 Å². The highest BCUT2D eigenvalue weighted by molar-refractivity contribution is 6.28. The van der Waals surface area contributed by atoms with Gasteiger partial charge in [0, 0.05) is 54.9 Å². The molecule has 0 spiro atoms. The molecule has 5 rings (SSSR count). The molecule has 2 aromatic rings. The summed E-state index contributed by atoms with van der Waals surface area (Å²) in [6, 6.07) is 0.116. The Bertz CT molecular complexity index is 1280. The van der Waals surface area contributed by atoms with Gasteiger partial charge in [-0.25, -0.2) is 14.4 Å². The van der Waals surface area contributed by atoms with E-state index in [1.807, 2.05) is 20.8 Å². The molecule has 0 bridgehead atoms. The maximum Gasteiger partial charge on any atom is 0.251 e. The monoisotopic (exact) mass is 495 g/mol. The fourth-order valence-electron chi connectivity index (χ4n) is 5.77. The Morgan fingerprint density at radius 1 is 1.20 bits per heavy atom. The van der Waals surface area contributed by atoms with E-state index in [2.05, 4.69) is 32.1 Å². The van der Waals surface area contributed by atoms with E-state index in [-0.39, 0.29) is 29.5 Å². The Labute approximate surface area is 210 Å². The summed E-state index contributed by atoms with van der Waals surface area (Å²) in [7, 11) is 0. The van der Waals surface area contributed by atoms with Gasteiger partial charge in [0.2, 0.25) is 5.28 Å². The average Bonchev–Trinajstić information content (AvgIpc) is 2.81. The Hall–Kier alpha value is -2.64. The quantitative estimate of drug-likeness (QED) is 0.629. The van der Waals surface area contributed by atoms with Gasteiger partial charge in [-0.3, -0.25) is 14.7 Å². The zero-order chi connectivity index (χ0) is 24.9. The fraction of sp³-hybridized carbons (Fsp3) is 0.481. The summed E-state index contributed by atoms with van der Waals surface area (Å²) in [5.74, 6) is -0.386. The number of likely N-dealkylation sites (N-methyl/N-ethyl adjacent to an activating group) is 1. The van der Waals surface area contributed by atoms with Gasteiger partial charge >= 0.3 is 0 Å². The van der Waals surface area contributed by atoms with Crippen LogP contribution >= 0.6 is 11.6 Å². The number of allylic oxidation sites excluding steroid dienone is 1. The third-order valence-corrected chi connectivity index (χ3v) is 7.74. The van der Waals surface area contributed by atoms with E-state index >= 15 is 4.39 Å². The number of nitrogens with zero attached hydrogens (tertiary/aromatic N) is 4. The molecule has 1 unspecified atom stereocenters. The van der Waals surface area contributed by atoms with E-state index in [9.17, 15) is 4.79 Å². The first-order chi connectivity index (χ1) is 16.8. The number of aryl methyl sites for hydroxylation is 1. The highest BCUT2D eigenvalue weighted by Crippen LogP contribution is 2.39. The lowest BCUT2D eigenvalue weighted by atomic mass is 9.80. The van der Waals surface area contributed by atoms with E-state index in [0.29, 0.717) is 24.1 Å². The molecule has 184 valence electrons. The highest BCUT2D eigenvalue weighted by Gasteiger charge is 2.31. The van der Waals surface area contributed by atoms with Crippen LogP contribution in [-0.2, 0) is 30.6 Å². The summed E-state index contributed by atoms with van der Waals surface area (Å²) in [5.41, 5.74) is 8.08. The van der Waals surface area contributed by atoms with Crippen molar-refractivity contribution in [3.05, 3.63) is 67.8 Å². The summed E-state index contributed by atoms with van der Waals surface area (Å²) in [4.78, 5) is 28.6. The van der Waals surface area contributed by atoms with E-state index in [1.165, 1.54) is 0 Å². The number of hydrogen-bond acceptors (Lipinski definition) is 5. The Morgan fingerprint density at radius 3 is 2.74 bits per heavy atom. The number of pyridine rings is 1. The number of rotatable bonds is 4. The van der Waals surface area contributed by atoms with Gasteiger partial charge in [-0.2, -0.15) is 0 Å². The van der Waals surface area contributed by atoms with Gasteiger partial charge in [-0.1, -0.05) is 12.5 Å². The highest BCUT2D eigenvalue weighted by atomic mass is 35.5. The average molecular weight is 496 g/mol. The third-order valence-electron chi connectivity index (χ3n) is 7.57. The smallest absolute Gasteiger partial charge is 0.251 e. The maximum absolute atomic E-state index is 16.1. The molecule has 35 heavy (non-hydrogen) atoms. The van der Waals surface area contributed by atoms with Crippen LogP contribution < -0.4 is 5.32 Å². The van der Waals surface area contributed by atoms with E-state index in [0.717, 1.165) is 77.3 Å². The van der Waals surface area contributed by atoms with Crippen molar-refractivity contribution in [2.45, 2.75) is 72.4 Å². The largest absolute Gasteiger partial charge is 0.349 e. The van der Waals surface area contributed by atoms with Crippen molar-refractivity contribution in [1.82, 2.24) is 25.2 Å². The lowest BCUT2D eigenvalue weighted by Crippen LogP contribution is -2.39. The first-order valence-corrected chi connectivity index (χ1v) is 12.8. The van der Waals surface area contributed by atoms with E-state index < -0.39 is 0 Å². The Balaban J connectivity index is 1.56. The van der Waals surface area contributed by atoms with Crippen LogP contribution in [0.5, 0.6) is 0 Å². The second-order valence-electron chi connectivity index (χ2n) is 9.92. The first kappa shape index (κ1) is 24.1. The molecule has 0 aromatic carbocycles. The van der Waals surface area contributed by atoms with Crippen molar-refractivity contribution in [2.75, 3.05) is 13.1 Å². The number of halogens is 2. The summed E-state index contributed by atoms with van der Waals surface area (Å²) in [5, 5.41) is 3.23. The summed E-state index contributed by atoms with van der Waals surface area (Å²) < 4.78 is 16.1. The van der Waals surface area contributed by atoms with Gasteiger partial charge in [0.25, 0.3) is 5.91 Å². The number of fused-ring (bicyclic) bond motifs is 2. The Morgan fingerprint density at radius 2 is 2.00 bits per heavy atom. The molecule has 0 radical (unpaired) electrons. The topological polar surface area (TPSA) is 71.0 Å². The minimum absolute atomic E-state index is 0.0588. The normalized spacial score (nSPS) is 20.6. The van der Waals surface area contributed by atoms with Gasteiger partial charge in [-0.15, -0.1) is 0 Å². The molecule has 8 heteroatoms. The van der Waals surface area contributed by atoms with Crippen molar-refractivity contribution in [1.29, 1.82) is 0 Å².